The zero-order chi connectivity index (χ0) is 16.6. The van der Waals surface area contributed by atoms with Crippen LogP contribution in [0.1, 0.15) is 5.69 Å². The van der Waals surface area contributed by atoms with Crippen LogP contribution in [0.3, 0.4) is 0 Å². The fourth-order valence-electron chi connectivity index (χ4n) is 2.14. The molecule has 122 valence electrons. The molecule has 3 rings (SSSR count). The van der Waals surface area contributed by atoms with Crippen molar-refractivity contribution in [1.82, 2.24) is 19.9 Å². The molecule has 0 bridgehead atoms. The van der Waals surface area contributed by atoms with Gasteiger partial charge in [-0.15, -0.1) is 0 Å². The van der Waals surface area contributed by atoms with Crippen LogP contribution < -0.4 is 10.6 Å². The average Bonchev–Trinajstić information content (AvgIpc) is 2.66. The number of rotatable bonds is 7. The highest BCUT2D eigenvalue weighted by Crippen LogP contribution is 2.21. The summed E-state index contributed by atoms with van der Waals surface area (Å²) in [4.78, 5) is 17.2. The van der Waals surface area contributed by atoms with Gasteiger partial charge in [-0.05, 0) is 24.3 Å². The van der Waals surface area contributed by atoms with Crippen molar-refractivity contribution in [2.24, 2.45) is 0 Å². The van der Waals surface area contributed by atoms with Gasteiger partial charge < -0.3 is 15.7 Å². The van der Waals surface area contributed by atoms with Gasteiger partial charge in [0.25, 0.3) is 0 Å². The Morgan fingerprint density at radius 1 is 0.958 bits per heavy atom. The summed E-state index contributed by atoms with van der Waals surface area (Å²) in [5, 5.41) is 15.2. The highest BCUT2D eigenvalue weighted by Gasteiger charge is 2.07. The highest BCUT2D eigenvalue weighted by atomic mass is 16.3. The minimum absolute atomic E-state index is 0.0134. The zero-order valence-electron chi connectivity index (χ0n) is 13.1. The lowest BCUT2D eigenvalue weighted by atomic mass is 10.2. The molecular formula is C17H18N6O. The van der Waals surface area contributed by atoms with Crippen LogP contribution in [0.5, 0.6) is 0 Å². The van der Waals surface area contributed by atoms with Gasteiger partial charge in [-0.1, -0.05) is 6.07 Å². The summed E-state index contributed by atoms with van der Waals surface area (Å²) in [6.45, 7) is 0.964. The summed E-state index contributed by atoms with van der Waals surface area (Å²) in [6.07, 6.45) is 5.20. The van der Waals surface area contributed by atoms with Crippen molar-refractivity contribution in [3.05, 3.63) is 60.7 Å². The molecule has 0 aliphatic carbocycles. The molecule has 24 heavy (non-hydrogen) atoms. The minimum atomic E-state index is 0.0134. The Labute approximate surface area is 139 Å². The van der Waals surface area contributed by atoms with E-state index < -0.39 is 0 Å². The van der Waals surface area contributed by atoms with E-state index in [9.17, 15) is 0 Å². The summed E-state index contributed by atoms with van der Waals surface area (Å²) in [5.41, 5.74) is 2.64. The summed E-state index contributed by atoms with van der Waals surface area (Å²) >= 11 is 0. The number of pyridine rings is 2. The van der Waals surface area contributed by atoms with E-state index in [-0.39, 0.29) is 6.61 Å². The number of hydrogen-bond acceptors (Lipinski definition) is 7. The molecule has 0 saturated heterocycles. The third kappa shape index (κ3) is 4.23. The van der Waals surface area contributed by atoms with Gasteiger partial charge in [0, 0.05) is 36.8 Å². The number of aromatic nitrogens is 4. The fraction of sp³-hybridized carbons (Fsp3) is 0.176. The van der Waals surface area contributed by atoms with Gasteiger partial charge in [0.1, 0.15) is 5.82 Å². The molecular weight excluding hydrogens is 304 g/mol. The molecule has 0 saturated carbocycles. The Morgan fingerprint density at radius 3 is 2.58 bits per heavy atom. The molecule has 7 heteroatoms. The molecule has 0 unspecified atom stereocenters. The lowest BCUT2D eigenvalue weighted by molar-refractivity contribution is 0.311. The lowest BCUT2D eigenvalue weighted by Crippen LogP contribution is -2.11. The molecule has 0 fully saturated rings. The molecule has 0 amide bonds. The number of nitrogens with zero attached hydrogens (tertiary/aromatic N) is 4. The Hall–Kier alpha value is -3.06. The van der Waals surface area contributed by atoms with Gasteiger partial charge in [-0.25, -0.2) is 4.98 Å². The van der Waals surface area contributed by atoms with E-state index in [0.717, 1.165) is 17.0 Å². The van der Waals surface area contributed by atoms with Crippen LogP contribution in [-0.2, 0) is 6.54 Å². The van der Waals surface area contributed by atoms with Crippen LogP contribution in [0.25, 0.3) is 11.3 Å². The molecule has 3 aromatic rings. The van der Waals surface area contributed by atoms with Crippen molar-refractivity contribution in [3.8, 4) is 11.3 Å². The standard InChI is InChI=1S/C17H18N6O/c24-10-9-20-17-22-15(13-4-7-18-8-5-13)11-16(23-17)21-12-14-3-1-2-6-19-14/h1-8,11,24H,9-10,12H2,(H2,20,21,22,23). The van der Waals surface area contributed by atoms with Crippen LogP contribution in [-0.4, -0.2) is 38.2 Å². The molecule has 0 aromatic carbocycles. The number of hydrogen-bond donors (Lipinski definition) is 3. The molecule has 0 atom stereocenters. The van der Waals surface area contributed by atoms with E-state index >= 15 is 0 Å². The van der Waals surface area contributed by atoms with Crippen LogP contribution >= 0.6 is 0 Å². The van der Waals surface area contributed by atoms with Gasteiger partial charge in [0.05, 0.1) is 24.5 Å². The minimum Gasteiger partial charge on any atom is -0.395 e. The Balaban J connectivity index is 1.84. The van der Waals surface area contributed by atoms with E-state index in [1.807, 2.05) is 36.4 Å². The highest BCUT2D eigenvalue weighted by molar-refractivity contribution is 5.63. The molecule has 0 spiro atoms. The summed E-state index contributed by atoms with van der Waals surface area (Å²) < 4.78 is 0. The molecule has 3 aromatic heterocycles. The zero-order valence-corrected chi connectivity index (χ0v) is 13.1. The molecule has 0 aliphatic rings. The van der Waals surface area contributed by atoms with Crippen LogP contribution in [0, 0.1) is 0 Å². The van der Waals surface area contributed by atoms with Crippen molar-refractivity contribution in [2.45, 2.75) is 6.54 Å². The maximum atomic E-state index is 8.99. The van der Waals surface area contributed by atoms with Gasteiger partial charge in [-0.3, -0.25) is 9.97 Å². The summed E-state index contributed by atoms with van der Waals surface area (Å²) in [6, 6.07) is 11.4. The van der Waals surface area contributed by atoms with E-state index in [1.165, 1.54) is 0 Å². The summed E-state index contributed by atoms with van der Waals surface area (Å²) in [7, 11) is 0. The van der Waals surface area contributed by atoms with Gasteiger partial charge in [0.2, 0.25) is 5.95 Å². The van der Waals surface area contributed by atoms with Crippen LogP contribution in [0.4, 0.5) is 11.8 Å². The normalized spacial score (nSPS) is 10.4. The number of anilines is 2. The maximum absolute atomic E-state index is 8.99. The number of aliphatic hydroxyl groups is 1. The molecule has 7 nitrogen and oxygen atoms in total. The second-order valence-electron chi connectivity index (χ2n) is 5.02. The third-order valence-corrected chi connectivity index (χ3v) is 3.27. The number of aliphatic hydroxyl groups excluding tert-OH is 1. The van der Waals surface area contributed by atoms with Crippen molar-refractivity contribution < 1.29 is 5.11 Å². The van der Waals surface area contributed by atoms with E-state index in [4.69, 9.17) is 5.11 Å². The quantitative estimate of drug-likeness (QED) is 0.612. The predicted molar refractivity (Wildman–Crippen MR) is 92.4 cm³/mol. The van der Waals surface area contributed by atoms with Crippen molar-refractivity contribution >= 4 is 11.8 Å². The van der Waals surface area contributed by atoms with Crippen LogP contribution in [0.2, 0.25) is 0 Å². The first-order chi connectivity index (χ1) is 11.8. The third-order valence-electron chi connectivity index (χ3n) is 3.27. The molecule has 3 heterocycles. The summed E-state index contributed by atoms with van der Waals surface area (Å²) in [5.74, 6) is 1.14. The Morgan fingerprint density at radius 2 is 1.83 bits per heavy atom. The van der Waals surface area contributed by atoms with Gasteiger partial charge in [-0.2, -0.15) is 4.98 Å². The first-order valence-corrected chi connectivity index (χ1v) is 7.63. The molecule has 3 N–H and O–H groups in total. The van der Waals surface area contributed by atoms with Crippen LogP contribution in [0.15, 0.2) is 55.0 Å². The molecule has 0 aliphatic heterocycles. The average molecular weight is 322 g/mol. The van der Waals surface area contributed by atoms with E-state index in [1.54, 1.807) is 18.6 Å². The number of nitrogens with one attached hydrogen (secondary N) is 2. The SMILES string of the molecule is OCCNc1nc(NCc2ccccn2)cc(-c2ccncc2)n1. The topological polar surface area (TPSA) is 95.8 Å². The smallest absolute Gasteiger partial charge is 0.225 e. The fourth-order valence-corrected chi connectivity index (χ4v) is 2.14. The van der Waals surface area contributed by atoms with E-state index in [2.05, 4.69) is 30.6 Å². The van der Waals surface area contributed by atoms with Crippen molar-refractivity contribution in [3.63, 3.8) is 0 Å². The van der Waals surface area contributed by atoms with E-state index in [0.29, 0.717) is 24.9 Å². The first-order valence-electron chi connectivity index (χ1n) is 7.63. The monoisotopic (exact) mass is 322 g/mol. The first kappa shape index (κ1) is 15.8. The maximum Gasteiger partial charge on any atom is 0.225 e. The molecule has 0 radical (unpaired) electrons. The van der Waals surface area contributed by atoms with Crippen molar-refractivity contribution in [1.29, 1.82) is 0 Å². The van der Waals surface area contributed by atoms with Crippen molar-refractivity contribution in [2.75, 3.05) is 23.8 Å². The lowest BCUT2D eigenvalue weighted by Gasteiger charge is -2.11. The van der Waals surface area contributed by atoms with Gasteiger partial charge in [0.15, 0.2) is 0 Å². The largest absolute Gasteiger partial charge is 0.395 e. The Bertz CT molecular complexity index is 767. The second kappa shape index (κ2) is 7.98. The van der Waals surface area contributed by atoms with Gasteiger partial charge >= 0.3 is 0 Å². The Kier molecular flexibility index (Phi) is 5.26. The predicted octanol–water partition coefficient (Wildman–Crippen LogP) is 1.95. The second-order valence-corrected chi connectivity index (χ2v) is 5.02.